The molecule has 8 heteroatoms. The lowest BCUT2D eigenvalue weighted by Crippen LogP contribution is -2.52. The quantitative estimate of drug-likeness (QED) is 0.471. The van der Waals surface area contributed by atoms with Crippen molar-refractivity contribution in [1.29, 1.82) is 0 Å². The number of hydrogen-bond acceptors (Lipinski definition) is 6. The first-order valence-corrected chi connectivity index (χ1v) is 8.88. The summed E-state index contributed by atoms with van der Waals surface area (Å²) in [5, 5.41) is 13.2. The van der Waals surface area contributed by atoms with Gasteiger partial charge in [0.2, 0.25) is 0 Å². The Kier molecular flexibility index (Phi) is 6.11. The lowest BCUT2D eigenvalue weighted by atomic mass is 10.2. The predicted molar refractivity (Wildman–Crippen MR) is 106 cm³/mol. The van der Waals surface area contributed by atoms with Crippen LogP contribution in [0.1, 0.15) is 5.56 Å². The molecule has 146 valence electrons. The minimum Gasteiger partial charge on any atom is -0.508 e. The summed E-state index contributed by atoms with van der Waals surface area (Å²) < 4.78 is 5.38. The van der Waals surface area contributed by atoms with Gasteiger partial charge in [0.15, 0.2) is 0 Å². The predicted octanol–water partition coefficient (Wildman–Crippen LogP) is 1.20. The van der Waals surface area contributed by atoms with Gasteiger partial charge in [-0.05, 0) is 29.8 Å². The van der Waals surface area contributed by atoms with Crippen LogP contribution in [0, 0.1) is 0 Å². The van der Waals surface area contributed by atoms with Gasteiger partial charge in [0, 0.05) is 26.2 Å². The topological polar surface area (TPSA) is 94.5 Å². The number of anilines is 1. The largest absolute Gasteiger partial charge is 0.508 e. The molecule has 1 aliphatic rings. The summed E-state index contributed by atoms with van der Waals surface area (Å²) >= 11 is 0. The third-order valence-electron chi connectivity index (χ3n) is 4.44. The number of phenols is 1. The maximum atomic E-state index is 12.3. The Bertz CT molecular complexity index is 876. The monoisotopic (exact) mass is 382 g/mol. The number of benzene rings is 2. The zero-order valence-corrected chi connectivity index (χ0v) is 15.5. The van der Waals surface area contributed by atoms with Crippen molar-refractivity contribution in [3.8, 4) is 11.5 Å². The normalized spacial score (nSPS) is 14.2. The number of rotatable bonds is 4. The highest BCUT2D eigenvalue weighted by molar-refractivity contribution is 6.35. The van der Waals surface area contributed by atoms with Gasteiger partial charge in [-0.25, -0.2) is 5.43 Å². The van der Waals surface area contributed by atoms with E-state index >= 15 is 0 Å². The van der Waals surface area contributed by atoms with Crippen LogP contribution in [0.5, 0.6) is 11.5 Å². The van der Waals surface area contributed by atoms with Crippen LogP contribution in [0.2, 0.25) is 0 Å². The van der Waals surface area contributed by atoms with Crippen LogP contribution in [-0.4, -0.2) is 61.3 Å². The first-order chi connectivity index (χ1) is 13.6. The molecule has 0 aromatic heterocycles. The van der Waals surface area contributed by atoms with Gasteiger partial charge in [-0.3, -0.25) is 9.59 Å². The Morgan fingerprint density at radius 1 is 1.11 bits per heavy atom. The first-order valence-electron chi connectivity index (χ1n) is 8.88. The Morgan fingerprint density at radius 2 is 1.86 bits per heavy atom. The zero-order chi connectivity index (χ0) is 19.9. The molecule has 0 atom stereocenters. The molecule has 8 nitrogen and oxygen atoms in total. The van der Waals surface area contributed by atoms with Crippen LogP contribution in [0.3, 0.4) is 0 Å². The van der Waals surface area contributed by atoms with Gasteiger partial charge in [-0.15, -0.1) is 0 Å². The van der Waals surface area contributed by atoms with Gasteiger partial charge in [0.1, 0.15) is 11.5 Å². The molecule has 0 radical (unpaired) electrons. The molecule has 1 saturated heterocycles. The molecule has 28 heavy (non-hydrogen) atoms. The van der Waals surface area contributed by atoms with Crippen molar-refractivity contribution in [2.24, 2.45) is 5.10 Å². The summed E-state index contributed by atoms with van der Waals surface area (Å²) in [6, 6.07) is 14.1. The van der Waals surface area contributed by atoms with Crippen molar-refractivity contribution < 1.29 is 19.4 Å². The summed E-state index contributed by atoms with van der Waals surface area (Å²) in [4.78, 5) is 28.0. The number of hydrazone groups is 1. The van der Waals surface area contributed by atoms with Crippen molar-refractivity contribution >= 4 is 23.7 Å². The second kappa shape index (κ2) is 8.90. The Labute approximate surface area is 163 Å². The van der Waals surface area contributed by atoms with Gasteiger partial charge in [0.05, 0.1) is 19.0 Å². The van der Waals surface area contributed by atoms with Crippen LogP contribution < -0.4 is 15.1 Å². The van der Waals surface area contributed by atoms with Crippen molar-refractivity contribution in [2.75, 3.05) is 38.2 Å². The first kappa shape index (κ1) is 19.2. The average Bonchev–Trinajstić information content (AvgIpc) is 2.73. The number of carbonyl (C=O) groups excluding carboxylic acids is 2. The van der Waals surface area contributed by atoms with E-state index in [-0.39, 0.29) is 5.75 Å². The Hall–Kier alpha value is -3.55. The number of amides is 2. The van der Waals surface area contributed by atoms with E-state index in [2.05, 4.69) is 15.4 Å². The van der Waals surface area contributed by atoms with Gasteiger partial charge < -0.3 is 19.6 Å². The van der Waals surface area contributed by atoms with Gasteiger partial charge >= 0.3 is 11.8 Å². The molecular formula is C20H22N4O4. The third-order valence-corrected chi connectivity index (χ3v) is 4.44. The summed E-state index contributed by atoms with van der Waals surface area (Å²) in [6.07, 6.45) is 1.37. The molecule has 1 aliphatic heterocycles. The molecule has 2 amide bonds. The number of methoxy groups -OCH3 is 1. The molecule has 2 aromatic rings. The van der Waals surface area contributed by atoms with E-state index in [0.29, 0.717) is 31.7 Å². The number of aromatic hydroxyl groups is 1. The molecule has 0 spiro atoms. The molecule has 2 aromatic carbocycles. The van der Waals surface area contributed by atoms with E-state index in [4.69, 9.17) is 4.74 Å². The number of carbonyl (C=O) groups is 2. The third kappa shape index (κ3) is 4.59. The van der Waals surface area contributed by atoms with E-state index in [9.17, 15) is 14.7 Å². The van der Waals surface area contributed by atoms with Crippen LogP contribution in [0.15, 0.2) is 53.6 Å². The Balaban J connectivity index is 1.52. The number of nitrogens with zero attached hydrogens (tertiary/aromatic N) is 3. The minimum atomic E-state index is -0.790. The van der Waals surface area contributed by atoms with Crippen LogP contribution in [-0.2, 0) is 9.59 Å². The fourth-order valence-electron chi connectivity index (χ4n) is 3.00. The fraction of sp³-hybridized carbons (Fsp3) is 0.250. The molecule has 0 aliphatic carbocycles. The van der Waals surface area contributed by atoms with Crippen LogP contribution >= 0.6 is 0 Å². The summed E-state index contributed by atoms with van der Waals surface area (Å²) in [5.74, 6) is -0.532. The number of hydrogen-bond donors (Lipinski definition) is 2. The highest BCUT2D eigenvalue weighted by Gasteiger charge is 2.26. The number of nitrogens with one attached hydrogen (secondary N) is 1. The second-order valence-corrected chi connectivity index (χ2v) is 6.25. The van der Waals surface area contributed by atoms with Gasteiger partial charge in [-0.1, -0.05) is 24.3 Å². The summed E-state index contributed by atoms with van der Waals surface area (Å²) in [7, 11) is 1.63. The van der Waals surface area contributed by atoms with Crippen molar-refractivity contribution in [1.82, 2.24) is 10.3 Å². The molecule has 0 bridgehead atoms. The smallest absolute Gasteiger partial charge is 0.329 e. The van der Waals surface area contributed by atoms with Crippen molar-refractivity contribution in [3.05, 3.63) is 54.1 Å². The van der Waals surface area contributed by atoms with E-state index < -0.39 is 11.8 Å². The second-order valence-electron chi connectivity index (χ2n) is 6.25. The lowest BCUT2D eigenvalue weighted by Gasteiger charge is -2.36. The van der Waals surface area contributed by atoms with Gasteiger partial charge in [0.25, 0.3) is 0 Å². The summed E-state index contributed by atoms with van der Waals surface area (Å²) in [5.41, 5.74) is 3.81. The van der Waals surface area contributed by atoms with E-state index in [0.717, 1.165) is 11.4 Å². The summed E-state index contributed by atoms with van der Waals surface area (Å²) in [6.45, 7) is 2.07. The van der Waals surface area contributed by atoms with Crippen molar-refractivity contribution in [2.45, 2.75) is 0 Å². The highest BCUT2D eigenvalue weighted by Crippen LogP contribution is 2.28. The average molecular weight is 382 g/mol. The molecule has 1 fully saturated rings. The van der Waals surface area contributed by atoms with Crippen LogP contribution in [0.4, 0.5) is 5.69 Å². The highest BCUT2D eigenvalue weighted by atomic mass is 16.5. The van der Waals surface area contributed by atoms with E-state index in [1.165, 1.54) is 23.2 Å². The zero-order valence-electron chi connectivity index (χ0n) is 15.5. The standard InChI is InChI=1S/C20H22N4O4/c1-28-18-8-3-2-7-17(18)23-9-11-24(12-10-23)20(27)19(26)22-21-14-15-5-4-6-16(25)13-15/h2-8,13-14,25H,9-12H2,1H3,(H,22,26). The number of piperazine rings is 1. The molecule has 0 unspecified atom stereocenters. The fourth-order valence-corrected chi connectivity index (χ4v) is 3.00. The van der Waals surface area contributed by atoms with E-state index in [1.54, 1.807) is 19.2 Å². The Morgan fingerprint density at radius 3 is 2.57 bits per heavy atom. The number of ether oxygens (including phenoxy) is 1. The van der Waals surface area contributed by atoms with E-state index in [1.807, 2.05) is 24.3 Å². The van der Waals surface area contributed by atoms with Crippen molar-refractivity contribution in [3.63, 3.8) is 0 Å². The maximum absolute atomic E-state index is 12.3. The SMILES string of the molecule is COc1ccccc1N1CCN(C(=O)C(=O)NN=Cc2cccc(O)c2)CC1. The van der Waals surface area contributed by atoms with Gasteiger partial charge in [-0.2, -0.15) is 5.10 Å². The lowest BCUT2D eigenvalue weighted by molar-refractivity contribution is -0.146. The number of phenolic OH excluding ortho intramolecular Hbond substituents is 1. The molecule has 2 N–H and O–H groups in total. The molecule has 3 rings (SSSR count). The molecule has 0 saturated carbocycles. The molecular weight excluding hydrogens is 360 g/mol. The molecule has 1 heterocycles. The maximum Gasteiger partial charge on any atom is 0.329 e. The minimum absolute atomic E-state index is 0.0965. The van der Waals surface area contributed by atoms with Crippen LogP contribution in [0.25, 0.3) is 0 Å². The number of para-hydroxylation sites is 2.